The van der Waals surface area contributed by atoms with Crippen LogP contribution in [-0.4, -0.2) is 9.97 Å². The van der Waals surface area contributed by atoms with Crippen LogP contribution in [0.4, 0.5) is 0 Å². The van der Waals surface area contributed by atoms with Gasteiger partial charge in [0.25, 0.3) is 0 Å². The van der Waals surface area contributed by atoms with E-state index in [1.807, 2.05) is 17.6 Å². The van der Waals surface area contributed by atoms with Crippen LogP contribution in [0.3, 0.4) is 0 Å². The highest BCUT2D eigenvalue weighted by Gasteiger charge is 2.06. The van der Waals surface area contributed by atoms with Gasteiger partial charge in [0.1, 0.15) is 5.01 Å². The summed E-state index contributed by atoms with van der Waals surface area (Å²) in [6.07, 6.45) is 2.76. The molecule has 0 N–H and O–H groups in total. The Morgan fingerprint density at radius 1 is 0.952 bits per heavy atom. The Hall–Kier alpha value is -2.04. The maximum Gasteiger partial charge on any atom is 0.124 e. The maximum absolute atomic E-state index is 4.70. The van der Waals surface area contributed by atoms with Crippen molar-refractivity contribution in [2.45, 2.75) is 6.42 Å². The third kappa shape index (κ3) is 2.60. The summed E-state index contributed by atoms with van der Waals surface area (Å²) in [5.74, 6) is 0. The number of hydrogen-bond donors (Lipinski definition) is 0. The van der Waals surface area contributed by atoms with E-state index in [4.69, 9.17) is 4.98 Å². The molecule has 0 amide bonds. The van der Waals surface area contributed by atoms with E-state index in [2.05, 4.69) is 47.4 Å². The van der Waals surface area contributed by atoms with Gasteiger partial charge in [-0.2, -0.15) is 0 Å². The number of hydrogen-bond acceptors (Lipinski definition) is 4. The van der Waals surface area contributed by atoms with Crippen LogP contribution in [0.25, 0.3) is 20.8 Å². The molecular formula is C17H12N2S2. The standard InChI is InChI=1S/C17H12N2S2/c1-2-4-15-14(3-1)19-17(21-15)13-7-5-12(6-8-13)11-16-18-9-10-20-16/h1-10H,11H2. The first-order valence-electron chi connectivity index (χ1n) is 6.72. The summed E-state index contributed by atoms with van der Waals surface area (Å²) in [7, 11) is 0. The van der Waals surface area contributed by atoms with Crippen LogP contribution in [0.2, 0.25) is 0 Å². The minimum atomic E-state index is 0.901. The molecule has 4 heteroatoms. The van der Waals surface area contributed by atoms with Crippen molar-refractivity contribution in [3.05, 3.63) is 70.7 Å². The van der Waals surface area contributed by atoms with Crippen LogP contribution in [0.1, 0.15) is 10.6 Å². The fourth-order valence-corrected chi connectivity index (χ4v) is 3.90. The van der Waals surface area contributed by atoms with E-state index in [0.717, 1.165) is 22.0 Å². The van der Waals surface area contributed by atoms with Crippen LogP contribution in [0.15, 0.2) is 60.1 Å². The molecular weight excluding hydrogens is 296 g/mol. The molecule has 0 aliphatic heterocycles. The molecule has 0 saturated carbocycles. The van der Waals surface area contributed by atoms with Gasteiger partial charge in [0.2, 0.25) is 0 Å². The molecule has 21 heavy (non-hydrogen) atoms. The van der Waals surface area contributed by atoms with Crippen molar-refractivity contribution in [2.24, 2.45) is 0 Å². The minimum Gasteiger partial charge on any atom is -0.249 e. The van der Waals surface area contributed by atoms with Gasteiger partial charge in [0, 0.05) is 23.6 Å². The zero-order valence-electron chi connectivity index (χ0n) is 11.2. The van der Waals surface area contributed by atoms with Crippen LogP contribution in [0.5, 0.6) is 0 Å². The summed E-state index contributed by atoms with van der Waals surface area (Å²) in [4.78, 5) is 9.03. The predicted molar refractivity (Wildman–Crippen MR) is 90.0 cm³/mol. The number of thiazole rings is 2. The number of aromatic nitrogens is 2. The number of nitrogens with zero attached hydrogens (tertiary/aromatic N) is 2. The van der Waals surface area contributed by atoms with E-state index < -0.39 is 0 Å². The van der Waals surface area contributed by atoms with E-state index in [9.17, 15) is 0 Å². The quantitative estimate of drug-likeness (QED) is 0.531. The van der Waals surface area contributed by atoms with Crippen molar-refractivity contribution in [2.75, 3.05) is 0 Å². The van der Waals surface area contributed by atoms with Crippen LogP contribution in [0, 0.1) is 0 Å². The van der Waals surface area contributed by atoms with Crippen molar-refractivity contribution in [3.63, 3.8) is 0 Å². The number of para-hydroxylation sites is 1. The molecule has 102 valence electrons. The number of rotatable bonds is 3. The summed E-state index contributed by atoms with van der Waals surface area (Å²) in [5.41, 5.74) is 3.54. The predicted octanol–water partition coefficient (Wildman–Crippen LogP) is 5.01. The molecule has 2 heterocycles. The minimum absolute atomic E-state index is 0.901. The van der Waals surface area contributed by atoms with Gasteiger partial charge in [-0.15, -0.1) is 22.7 Å². The Labute approximate surface area is 130 Å². The topological polar surface area (TPSA) is 25.8 Å². The summed E-state index contributed by atoms with van der Waals surface area (Å²) >= 11 is 3.44. The second kappa shape index (κ2) is 5.39. The fourth-order valence-electron chi connectivity index (χ4n) is 2.28. The maximum atomic E-state index is 4.70. The zero-order valence-corrected chi connectivity index (χ0v) is 12.8. The number of benzene rings is 2. The van der Waals surface area contributed by atoms with E-state index in [1.165, 1.54) is 15.8 Å². The first-order chi connectivity index (χ1) is 10.4. The Bertz CT molecular complexity index is 828. The van der Waals surface area contributed by atoms with E-state index in [-0.39, 0.29) is 0 Å². The Kier molecular flexibility index (Phi) is 3.25. The van der Waals surface area contributed by atoms with Crippen molar-refractivity contribution in [1.29, 1.82) is 0 Å². The molecule has 0 fully saturated rings. The van der Waals surface area contributed by atoms with Crippen LogP contribution in [-0.2, 0) is 6.42 Å². The molecule has 0 spiro atoms. The molecule has 0 aliphatic carbocycles. The molecule has 2 nitrogen and oxygen atoms in total. The first kappa shape index (κ1) is 12.7. The third-order valence-corrected chi connectivity index (χ3v) is 5.20. The Morgan fingerprint density at radius 2 is 1.81 bits per heavy atom. The molecule has 0 atom stereocenters. The molecule has 0 saturated heterocycles. The number of fused-ring (bicyclic) bond motifs is 1. The first-order valence-corrected chi connectivity index (χ1v) is 8.41. The van der Waals surface area contributed by atoms with Gasteiger partial charge in [-0.3, -0.25) is 0 Å². The molecule has 4 rings (SSSR count). The van der Waals surface area contributed by atoms with Crippen molar-refractivity contribution < 1.29 is 0 Å². The van der Waals surface area contributed by atoms with Gasteiger partial charge in [-0.25, -0.2) is 9.97 Å². The fraction of sp³-hybridized carbons (Fsp3) is 0.0588. The Balaban J connectivity index is 1.63. The normalized spacial score (nSPS) is 11.0. The SMILES string of the molecule is c1ccc2sc(-c3ccc(Cc4nccs4)cc3)nc2c1. The lowest BCUT2D eigenvalue weighted by Crippen LogP contribution is -1.86. The van der Waals surface area contributed by atoms with Crippen LogP contribution >= 0.6 is 22.7 Å². The van der Waals surface area contributed by atoms with E-state index in [0.29, 0.717) is 0 Å². The summed E-state index contributed by atoms with van der Waals surface area (Å²) in [5, 5.41) is 4.25. The van der Waals surface area contributed by atoms with Gasteiger partial charge in [-0.1, -0.05) is 36.4 Å². The second-order valence-corrected chi connectivity index (χ2v) is 6.80. The largest absolute Gasteiger partial charge is 0.249 e. The van der Waals surface area contributed by atoms with Gasteiger partial charge < -0.3 is 0 Å². The molecule has 0 aliphatic rings. The van der Waals surface area contributed by atoms with Crippen molar-refractivity contribution in [1.82, 2.24) is 9.97 Å². The highest BCUT2D eigenvalue weighted by atomic mass is 32.1. The monoisotopic (exact) mass is 308 g/mol. The highest BCUT2D eigenvalue weighted by molar-refractivity contribution is 7.21. The van der Waals surface area contributed by atoms with Crippen molar-refractivity contribution in [3.8, 4) is 10.6 Å². The second-order valence-electron chi connectivity index (χ2n) is 4.79. The lowest BCUT2D eigenvalue weighted by Gasteiger charge is -2.00. The van der Waals surface area contributed by atoms with Gasteiger partial charge >= 0.3 is 0 Å². The summed E-state index contributed by atoms with van der Waals surface area (Å²) < 4.78 is 1.24. The molecule has 2 aromatic heterocycles. The average molecular weight is 308 g/mol. The highest BCUT2D eigenvalue weighted by Crippen LogP contribution is 2.30. The zero-order chi connectivity index (χ0) is 14.1. The molecule has 0 radical (unpaired) electrons. The van der Waals surface area contributed by atoms with E-state index in [1.54, 1.807) is 22.7 Å². The lowest BCUT2D eigenvalue weighted by atomic mass is 10.1. The van der Waals surface area contributed by atoms with Gasteiger partial charge in [0.05, 0.1) is 15.2 Å². The van der Waals surface area contributed by atoms with Crippen LogP contribution < -0.4 is 0 Å². The van der Waals surface area contributed by atoms with Gasteiger partial charge in [0.15, 0.2) is 0 Å². The van der Waals surface area contributed by atoms with Gasteiger partial charge in [-0.05, 0) is 17.7 Å². The molecule has 4 aromatic rings. The summed E-state index contributed by atoms with van der Waals surface area (Å²) in [6.45, 7) is 0. The molecule has 0 unspecified atom stereocenters. The Morgan fingerprint density at radius 3 is 2.57 bits per heavy atom. The summed E-state index contributed by atoms with van der Waals surface area (Å²) in [6, 6.07) is 16.9. The van der Waals surface area contributed by atoms with E-state index >= 15 is 0 Å². The lowest BCUT2D eigenvalue weighted by molar-refractivity contribution is 1.14. The molecule has 2 aromatic carbocycles. The molecule has 0 bridgehead atoms. The average Bonchev–Trinajstić information content (AvgIpc) is 3.16. The smallest absolute Gasteiger partial charge is 0.124 e. The van der Waals surface area contributed by atoms with Crippen molar-refractivity contribution >= 4 is 32.9 Å². The third-order valence-electron chi connectivity index (χ3n) is 3.33.